The number of hydrogen-bond donors (Lipinski definition) is 2. The first-order chi connectivity index (χ1) is 21.6. The number of halogens is 1. The fourth-order valence-electron chi connectivity index (χ4n) is 5.77. The first kappa shape index (κ1) is 23.1. The molecule has 0 spiro atoms. The molecule has 2 aliphatic rings. The van der Waals surface area contributed by atoms with Crippen molar-refractivity contribution in [3.05, 3.63) is 46.9 Å². The van der Waals surface area contributed by atoms with Crippen LogP contribution in [0, 0.1) is 0 Å². The summed E-state index contributed by atoms with van der Waals surface area (Å²) < 4.78 is 60.4. The molecule has 13 nitrogen and oxygen atoms in total. The van der Waals surface area contributed by atoms with Gasteiger partial charge in [0.15, 0.2) is 5.82 Å². The van der Waals surface area contributed by atoms with Gasteiger partial charge in [0.1, 0.15) is 23.2 Å². The molecule has 0 saturated heterocycles. The summed E-state index contributed by atoms with van der Waals surface area (Å²) in [5.41, 5.74) is -1.20. The van der Waals surface area contributed by atoms with Crippen LogP contribution in [0.15, 0.2) is 35.4 Å². The molecule has 1 amide bonds. The molecule has 0 radical (unpaired) electrons. The number of nitrogens with one attached hydrogen (secondary N) is 2. The first-order valence-electron chi connectivity index (χ1n) is 15.6. The summed E-state index contributed by atoms with van der Waals surface area (Å²) in [7, 11) is 1.19. The average Bonchev–Trinajstić information content (AvgIpc) is 3.62. The molecule has 6 rings (SSSR count). The number of hydrogen-bond acceptors (Lipinski definition) is 9. The van der Waals surface area contributed by atoms with Gasteiger partial charge in [0.05, 0.1) is 43.5 Å². The maximum Gasteiger partial charge on any atom is 0.407 e. The number of nitrogens with zero attached hydrogens (tertiary/aromatic N) is 6. The number of esters is 1. The molecular weight excluding hydrogens is 547 g/mol. The van der Waals surface area contributed by atoms with Crippen molar-refractivity contribution in [2.75, 3.05) is 12.4 Å². The van der Waals surface area contributed by atoms with Crippen molar-refractivity contribution in [1.82, 2.24) is 34.0 Å². The third-order valence-electron chi connectivity index (χ3n) is 7.79. The summed E-state index contributed by atoms with van der Waals surface area (Å²) in [6, 6.07) is 2.85. The Balaban J connectivity index is 1.37. The van der Waals surface area contributed by atoms with Gasteiger partial charge in [-0.3, -0.25) is 13.9 Å². The van der Waals surface area contributed by atoms with Crippen molar-refractivity contribution in [3.63, 3.8) is 0 Å². The van der Waals surface area contributed by atoms with E-state index in [1.807, 2.05) is 0 Å². The number of pyridine rings is 1. The fourth-order valence-corrected chi connectivity index (χ4v) is 5.77. The normalized spacial score (nSPS) is 27.2. The van der Waals surface area contributed by atoms with Crippen LogP contribution in [0.25, 0.3) is 16.6 Å². The number of aryl methyl sites for hydroxylation is 1. The Bertz CT molecular complexity index is 1900. The molecule has 2 aliphatic carbocycles. The van der Waals surface area contributed by atoms with Crippen LogP contribution < -0.4 is 16.3 Å². The van der Waals surface area contributed by atoms with E-state index in [2.05, 4.69) is 30.4 Å². The molecular formula is C28H33FN8O5. The average molecular weight is 585 g/mol. The Morgan fingerprint density at radius 2 is 2.00 bits per heavy atom. The SMILES string of the molecule is [2H]C([2H])([2H])n1c(=O)n([C@@H]2CC[C@@]([2H])(NC(=O)OC)C2)c2cc(Nc3ccc4cnc(C5(C(=O)OC(C)C)CC(F)C5)n4n3)ncc21. The third-order valence-corrected chi connectivity index (χ3v) is 7.79. The van der Waals surface area contributed by atoms with Crippen molar-refractivity contribution in [3.8, 4) is 0 Å². The summed E-state index contributed by atoms with van der Waals surface area (Å²) >= 11 is 0. The molecule has 0 aliphatic heterocycles. The summed E-state index contributed by atoms with van der Waals surface area (Å²) in [5.74, 6) is 0.179. The second kappa shape index (κ2) is 10.4. The lowest BCUT2D eigenvalue weighted by molar-refractivity contribution is -0.162. The Morgan fingerprint density at radius 3 is 2.71 bits per heavy atom. The Labute approximate surface area is 245 Å². The number of rotatable bonds is 7. The largest absolute Gasteiger partial charge is 0.462 e. The van der Waals surface area contributed by atoms with Crippen molar-refractivity contribution < 1.29 is 28.9 Å². The number of anilines is 2. The maximum absolute atomic E-state index is 14.2. The lowest BCUT2D eigenvalue weighted by Crippen LogP contribution is -2.51. The number of methoxy groups -OCH3 is 1. The van der Waals surface area contributed by atoms with Crippen LogP contribution in [0.4, 0.5) is 20.8 Å². The predicted octanol–water partition coefficient (Wildman–Crippen LogP) is 3.29. The quantitative estimate of drug-likeness (QED) is 0.312. The van der Waals surface area contributed by atoms with Crippen LogP contribution in [0.3, 0.4) is 0 Å². The molecule has 4 aromatic rings. The second-order valence-electron chi connectivity index (χ2n) is 11.0. The summed E-state index contributed by atoms with van der Waals surface area (Å²) in [6.07, 6.45) is 0.852. The summed E-state index contributed by atoms with van der Waals surface area (Å²) in [6.45, 7) is 0.618. The standard InChI is InChI=1S/C28H33FN8O5/c1-15(2)42-25(38)28(11-16(29)12-28)24-31-13-19-7-8-22(34-37(19)24)33-23-10-20-21(14-30-23)35(3)27(40)36(20)18-6-5-17(9-18)32-26(39)41-4/h7-8,10,13-18H,5-6,9,11-12H2,1-4H3,(H,32,39)(H,30,33,34)/t16?,17-,18-,28?/m1/s1/i3D3,17D. The lowest BCUT2D eigenvalue weighted by atomic mass is 9.66. The van der Waals surface area contributed by atoms with E-state index < -0.39 is 54.5 Å². The Morgan fingerprint density at radius 1 is 1.19 bits per heavy atom. The number of carbonyl (C=O) groups excluding carboxylic acids is 2. The van der Waals surface area contributed by atoms with Gasteiger partial charge in [0.25, 0.3) is 0 Å². The molecule has 2 saturated carbocycles. The highest BCUT2D eigenvalue weighted by atomic mass is 19.1. The summed E-state index contributed by atoms with van der Waals surface area (Å²) in [5, 5.41) is 10.1. The number of carbonyl (C=O) groups is 2. The molecule has 2 N–H and O–H groups in total. The third kappa shape index (κ3) is 4.64. The van der Waals surface area contributed by atoms with Gasteiger partial charge >= 0.3 is 17.8 Å². The zero-order chi connectivity index (χ0) is 33.2. The highest BCUT2D eigenvalue weighted by Crippen LogP contribution is 2.46. The number of alkyl halides is 1. The highest BCUT2D eigenvalue weighted by Gasteiger charge is 2.56. The lowest BCUT2D eigenvalue weighted by Gasteiger charge is -2.40. The van der Waals surface area contributed by atoms with Crippen molar-refractivity contribution >= 4 is 40.2 Å². The monoisotopic (exact) mass is 584 g/mol. The molecule has 0 bridgehead atoms. The van der Waals surface area contributed by atoms with E-state index in [0.717, 1.165) is 0 Å². The second-order valence-corrected chi connectivity index (χ2v) is 11.0. The first-order valence-corrected chi connectivity index (χ1v) is 13.6. The zero-order valence-corrected chi connectivity index (χ0v) is 23.3. The van der Waals surface area contributed by atoms with E-state index >= 15 is 0 Å². The Kier molecular flexibility index (Phi) is 5.73. The van der Waals surface area contributed by atoms with Crippen molar-refractivity contribution in [1.29, 1.82) is 0 Å². The topological polar surface area (TPSA) is 147 Å². The smallest absolute Gasteiger partial charge is 0.407 e. The zero-order valence-electron chi connectivity index (χ0n) is 27.3. The van der Waals surface area contributed by atoms with Crippen molar-refractivity contribution in [2.24, 2.45) is 6.98 Å². The van der Waals surface area contributed by atoms with E-state index in [0.29, 0.717) is 16.5 Å². The van der Waals surface area contributed by atoms with Crippen molar-refractivity contribution in [2.45, 2.75) is 75.7 Å². The van der Waals surface area contributed by atoms with Gasteiger partial charge in [0, 0.05) is 42.1 Å². The highest BCUT2D eigenvalue weighted by molar-refractivity contribution is 5.84. The number of ether oxygens (including phenoxy) is 2. The molecule has 14 heteroatoms. The number of aromatic nitrogens is 6. The minimum absolute atomic E-state index is 0.0373. The number of imidazole rings is 2. The van der Waals surface area contributed by atoms with Gasteiger partial charge in [-0.15, -0.1) is 5.10 Å². The van der Waals surface area contributed by atoms with Gasteiger partial charge in [-0.25, -0.2) is 28.5 Å². The Hall–Kier alpha value is -4.49. The number of amides is 1. The molecule has 222 valence electrons. The molecule has 0 aromatic carbocycles. The molecule has 2 atom stereocenters. The van der Waals surface area contributed by atoms with Gasteiger partial charge in [0.2, 0.25) is 0 Å². The fraction of sp³-hybridized carbons (Fsp3) is 0.500. The van der Waals surface area contributed by atoms with Gasteiger partial charge in [-0.2, -0.15) is 0 Å². The van der Waals surface area contributed by atoms with E-state index in [1.165, 1.54) is 34.7 Å². The van der Waals surface area contributed by atoms with Crippen LogP contribution in [0.2, 0.25) is 0 Å². The molecule has 4 heterocycles. The van der Waals surface area contributed by atoms with Gasteiger partial charge in [-0.1, -0.05) is 0 Å². The summed E-state index contributed by atoms with van der Waals surface area (Å²) in [4.78, 5) is 47.2. The van der Waals surface area contributed by atoms with Crippen LogP contribution in [0.1, 0.15) is 63.3 Å². The van der Waals surface area contributed by atoms with Gasteiger partial charge in [-0.05, 0) is 45.2 Å². The van der Waals surface area contributed by atoms with Crippen LogP contribution in [-0.4, -0.2) is 66.2 Å². The van der Waals surface area contributed by atoms with E-state index in [9.17, 15) is 18.8 Å². The molecule has 42 heavy (non-hydrogen) atoms. The van der Waals surface area contributed by atoms with Crippen LogP contribution >= 0.6 is 0 Å². The molecule has 4 aromatic heterocycles. The number of fused-ring (bicyclic) bond motifs is 2. The van der Waals surface area contributed by atoms with Crippen LogP contribution in [-0.2, 0) is 26.7 Å². The van der Waals surface area contributed by atoms with Crippen LogP contribution in [0.5, 0.6) is 0 Å². The van der Waals surface area contributed by atoms with E-state index in [4.69, 9.17) is 10.2 Å². The maximum atomic E-state index is 14.2. The minimum atomic E-state index is -2.81. The minimum Gasteiger partial charge on any atom is -0.462 e. The number of alkyl carbamates (subject to hydrolysis) is 1. The van der Waals surface area contributed by atoms with Gasteiger partial charge < -0.3 is 20.1 Å². The predicted molar refractivity (Wildman–Crippen MR) is 150 cm³/mol. The molecule has 0 unspecified atom stereocenters. The van der Waals surface area contributed by atoms with E-state index in [-0.39, 0.29) is 54.2 Å². The molecule has 2 fully saturated rings. The van der Waals surface area contributed by atoms with E-state index in [1.54, 1.807) is 26.0 Å².